The van der Waals surface area contributed by atoms with Crippen molar-refractivity contribution in [2.24, 2.45) is 0 Å². The lowest BCUT2D eigenvalue weighted by Gasteiger charge is -2.17. The van der Waals surface area contributed by atoms with Gasteiger partial charge < -0.3 is 14.4 Å². The quantitative estimate of drug-likeness (QED) is 0.272. The Morgan fingerprint density at radius 2 is 1.57 bits per heavy atom. The van der Waals surface area contributed by atoms with E-state index in [1.807, 2.05) is 85.8 Å². The first-order chi connectivity index (χ1) is 19.1. The molecule has 3 aromatic carbocycles. The van der Waals surface area contributed by atoms with Crippen LogP contribution in [0.4, 0.5) is 0 Å². The van der Waals surface area contributed by atoms with Gasteiger partial charge in [-0.05, 0) is 48.9 Å². The van der Waals surface area contributed by atoms with Gasteiger partial charge in [0.2, 0.25) is 15.9 Å². The molecule has 5 rings (SSSR count). The lowest BCUT2D eigenvalue weighted by molar-refractivity contribution is -0.121. The fraction of sp³-hybridized carbons (Fsp3) is 0.290. The van der Waals surface area contributed by atoms with Gasteiger partial charge in [0.1, 0.15) is 6.10 Å². The molecule has 2 atom stereocenters. The van der Waals surface area contributed by atoms with Crippen LogP contribution in [0.3, 0.4) is 0 Å². The van der Waals surface area contributed by atoms with E-state index in [9.17, 15) is 18.3 Å². The number of carbonyl (C=O) groups is 1. The zero-order valence-electron chi connectivity index (χ0n) is 22.6. The number of benzene rings is 3. The van der Waals surface area contributed by atoms with Crippen LogP contribution >= 0.6 is 0 Å². The van der Waals surface area contributed by atoms with E-state index in [0.717, 1.165) is 34.1 Å². The fourth-order valence-corrected chi connectivity index (χ4v) is 5.48. The number of aryl methyl sites for hydroxylation is 1. The molecule has 0 saturated heterocycles. The smallest absolute Gasteiger partial charge is 0.244 e. The van der Waals surface area contributed by atoms with Crippen molar-refractivity contribution in [1.82, 2.24) is 9.88 Å². The highest BCUT2D eigenvalue weighted by molar-refractivity contribution is 7.89. The molecule has 9 heteroatoms. The summed E-state index contributed by atoms with van der Waals surface area (Å²) in [7, 11) is -3.61. The second-order valence-electron chi connectivity index (χ2n) is 10.4. The summed E-state index contributed by atoms with van der Waals surface area (Å²) in [4.78, 5) is 12.6. The number of carbonyl (C=O) groups excluding carboxylic acids is 1. The SMILES string of the molecule is Cc1noc(-c2ccc(-c3ccc(C4(C(=O)NS(C)(=O)=O)CC4)cc3)cc2)c1[C@H](O)CO[C@H](C)c1ccccc1. The van der Waals surface area contributed by atoms with Crippen molar-refractivity contribution in [1.29, 1.82) is 0 Å². The van der Waals surface area contributed by atoms with Crippen LogP contribution < -0.4 is 4.72 Å². The van der Waals surface area contributed by atoms with Gasteiger partial charge in [0, 0.05) is 5.56 Å². The van der Waals surface area contributed by atoms with Gasteiger partial charge in [-0.25, -0.2) is 8.42 Å². The van der Waals surface area contributed by atoms with E-state index < -0.39 is 27.4 Å². The Morgan fingerprint density at radius 1 is 1.00 bits per heavy atom. The molecule has 1 aliphatic rings. The van der Waals surface area contributed by atoms with E-state index in [4.69, 9.17) is 9.26 Å². The minimum absolute atomic E-state index is 0.0965. The molecule has 0 bridgehead atoms. The molecular formula is C31H32N2O6S. The highest BCUT2D eigenvalue weighted by atomic mass is 32.2. The summed E-state index contributed by atoms with van der Waals surface area (Å²) in [5, 5.41) is 15.1. The average Bonchev–Trinajstić information content (AvgIpc) is 3.67. The molecule has 4 aromatic rings. The van der Waals surface area contributed by atoms with Crippen LogP contribution in [0.5, 0.6) is 0 Å². The molecule has 1 saturated carbocycles. The van der Waals surface area contributed by atoms with Crippen LogP contribution in [0.1, 0.15) is 54.4 Å². The van der Waals surface area contributed by atoms with Crippen molar-refractivity contribution in [2.45, 2.75) is 44.3 Å². The molecule has 0 aliphatic heterocycles. The molecule has 1 amide bonds. The third-order valence-electron chi connectivity index (χ3n) is 7.40. The molecule has 1 fully saturated rings. The molecule has 1 aromatic heterocycles. The van der Waals surface area contributed by atoms with Crippen LogP contribution in [-0.4, -0.2) is 37.5 Å². The first-order valence-corrected chi connectivity index (χ1v) is 15.0. The Morgan fingerprint density at radius 3 is 2.15 bits per heavy atom. The van der Waals surface area contributed by atoms with Crippen molar-refractivity contribution in [3.8, 4) is 22.5 Å². The summed E-state index contributed by atoms with van der Waals surface area (Å²) in [5.41, 5.74) is 4.94. The van der Waals surface area contributed by atoms with Crippen LogP contribution in [0.15, 0.2) is 83.4 Å². The maximum atomic E-state index is 12.6. The Bertz CT molecular complexity index is 1590. The first-order valence-electron chi connectivity index (χ1n) is 13.1. The standard InChI is InChI=1S/C31H32N2O6S/c1-20-28(27(34)19-38-21(2)22-7-5-4-6-8-22)29(39-32-20)25-11-9-23(10-12-25)24-13-15-26(16-14-24)31(17-18-31)30(35)33-40(3,36)37/h4-16,21,27,34H,17-19H2,1-3H3,(H,33,35)/t21-,27-/m1/s1. The summed E-state index contributed by atoms with van der Waals surface area (Å²) < 4.78 is 36.7. The molecule has 0 spiro atoms. The summed E-state index contributed by atoms with van der Waals surface area (Å²) in [6, 6.07) is 25.2. The summed E-state index contributed by atoms with van der Waals surface area (Å²) in [6.45, 7) is 3.84. The van der Waals surface area contributed by atoms with Gasteiger partial charge in [-0.1, -0.05) is 84.0 Å². The number of aromatic nitrogens is 1. The van der Waals surface area contributed by atoms with Gasteiger partial charge in [0.15, 0.2) is 5.76 Å². The third-order valence-corrected chi connectivity index (χ3v) is 7.95. The van der Waals surface area contributed by atoms with Gasteiger partial charge in [-0.2, -0.15) is 0 Å². The predicted molar refractivity (Wildman–Crippen MR) is 152 cm³/mol. The van der Waals surface area contributed by atoms with Crippen molar-refractivity contribution in [3.63, 3.8) is 0 Å². The second kappa shape index (κ2) is 11.0. The molecule has 0 radical (unpaired) electrons. The van der Waals surface area contributed by atoms with Crippen molar-refractivity contribution < 1.29 is 27.6 Å². The van der Waals surface area contributed by atoms with Gasteiger partial charge in [-0.15, -0.1) is 0 Å². The van der Waals surface area contributed by atoms with E-state index in [1.165, 1.54) is 0 Å². The second-order valence-corrected chi connectivity index (χ2v) is 12.1. The Labute approximate surface area is 234 Å². The first kappa shape index (κ1) is 27.8. The molecule has 1 heterocycles. The number of sulfonamides is 1. The number of nitrogens with zero attached hydrogens (tertiary/aromatic N) is 1. The largest absolute Gasteiger partial charge is 0.386 e. The van der Waals surface area contributed by atoms with E-state index in [1.54, 1.807) is 6.92 Å². The number of nitrogens with one attached hydrogen (secondary N) is 1. The Hall–Kier alpha value is -3.79. The molecule has 0 unspecified atom stereocenters. The van der Waals surface area contributed by atoms with Gasteiger partial charge in [0.25, 0.3) is 0 Å². The normalized spacial score (nSPS) is 15.8. The van der Waals surface area contributed by atoms with Crippen LogP contribution in [-0.2, 0) is 25.0 Å². The molecule has 208 valence electrons. The number of aliphatic hydroxyl groups is 1. The monoisotopic (exact) mass is 560 g/mol. The van der Waals surface area contributed by atoms with E-state index in [0.29, 0.717) is 29.9 Å². The third kappa shape index (κ3) is 5.86. The van der Waals surface area contributed by atoms with Crippen molar-refractivity contribution >= 4 is 15.9 Å². The fourth-order valence-electron chi connectivity index (χ4n) is 4.95. The molecule has 1 aliphatic carbocycles. The number of hydrogen-bond donors (Lipinski definition) is 2. The van der Waals surface area contributed by atoms with Crippen LogP contribution in [0.25, 0.3) is 22.5 Å². The maximum absolute atomic E-state index is 12.6. The lowest BCUT2D eigenvalue weighted by Crippen LogP contribution is -2.38. The van der Waals surface area contributed by atoms with E-state index >= 15 is 0 Å². The van der Waals surface area contributed by atoms with Crippen molar-refractivity contribution in [2.75, 3.05) is 12.9 Å². The number of ether oxygens (including phenoxy) is 1. The molecule has 8 nitrogen and oxygen atoms in total. The number of rotatable bonds is 10. The minimum Gasteiger partial charge on any atom is -0.386 e. The number of amides is 1. The van der Waals surface area contributed by atoms with Crippen LogP contribution in [0, 0.1) is 6.92 Å². The van der Waals surface area contributed by atoms with Gasteiger partial charge >= 0.3 is 0 Å². The number of aliphatic hydroxyl groups excluding tert-OH is 1. The van der Waals surface area contributed by atoms with Crippen molar-refractivity contribution in [3.05, 3.63) is 101 Å². The summed E-state index contributed by atoms with van der Waals surface area (Å²) >= 11 is 0. The average molecular weight is 561 g/mol. The maximum Gasteiger partial charge on any atom is 0.244 e. The predicted octanol–water partition coefficient (Wildman–Crippen LogP) is 5.24. The zero-order chi connectivity index (χ0) is 28.5. The highest BCUT2D eigenvalue weighted by Crippen LogP contribution is 2.48. The molecule has 40 heavy (non-hydrogen) atoms. The zero-order valence-corrected chi connectivity index (χ0v) is 23.4. The van der Waals surface area contributed by atoms with E-state index in [-0.39, 0.29) is 12.7 Å². The van der Waals surface area contributed by atoms with Crippen LogP contribution in [0.2, 0.25) is 0 Å². The van der Waals surface area contributed by atoms with Gasteiger partial charge in [0.05, 0.1) is 35.6 Å². The lowest BCUT2D eigenvalue weighted by atomic mass is 9.93. The topological polar surface area (TPSA) is 119 Å². The molecule has 2 N–H and O–H groups in total. The minimum atomic E-state index is -3.61. The van der Waals surface area contributed by atoms with Gasteiger partial charge in [-0.3, -0.25) is 9.52 Å². The summed E-state index contributed by atoms with van der Waals surface area (Å²) in [5.74, 6) is 0.0165. The van der Waals surface area contributed by atoms with E-state index in [2.05, 4.69) is 9.88 Å². The molecular weight excluding hydrogens is 528 g/mol. The highest BCUT2D eigenvalue weighted by Gasteiger charge is 2.52. The Balaban J connectivity index is 1.29. The Kier molecular flexibility index (Phi) is 7.63. The number of hydrogen-bond acceptors (Lipinski definition) is 7. The summed E-state index contributed by atoms with van der Waals surface area (Å²) in [6.07, 6.45) is 1.13.